The maximum atomic E-state index is 11.7. The molecule has 0 aromatic heterocycles. The third-order valence-corrected chi connectivity index (χ3v) is 10.9. The van der Waals surface area contributed by atoms with Gasteiger partial charge < -0.3 is 9.11 Å². The van der Waals surface area contributed by atoms with Crippen molar-refractivity contribution in [2.45, 2.75) is 140 Å². The zero-order chi connectivity index (χ0) is 35.2. The zero-order valence-corrected chi connectivity index (χ0v) is 33.9. The van der Waals surface area contributed by atoms with Crippen molar-refractivity contribution in [3.63, 3.8) is 0 Å². The summed E-state index contributed by atoms with van der Waals surface area (Å²) < 4.78 is 70.5. The van der Waals surface area contributed by atoms with Gasteiger partial charge >= 0.3 is 37.7 Å². The molecule has 0 saturated heterocycles. The Hall–Kier alpha value is -1.52. The van der Waals surface area contributed by atoms with Crippen molar-refractivity contribution in [1.29, 1.82) is 0 Å². The summed E-state index contributed by atoms with van der Waals surface area (Å²) in [5.41, 5.74) is 4.52. The van der Waals surface area contributed by atoms with Crippen LogP contribution in [0.4, 0.5) is 0 Å². The first-order chi connectivity index (χ1) is 23.0. The van der Waals surface area contributed by atoms with Gasteiger partial charge in [-0.2, -0.15) is 0 Å². The van der Waals surface area contributed by atoms with E-state index >= 15 is 0 Å². The van der Waals surface area contributed by atoms with Crippen LogP contribution in [0.1, 0.15) is 127 Å². The standard InChI is InChI=1S/2C20H28O3S.Ca/c2*1-3-5-7-10-16-14-15-17-11-9-13-19(24(21,22)23)20(17)18(16)12-8-6-4-2;/h2*9,11,13-15H,3-8,10,12H2,1-2H3,(H,21,22,23);/q;;+2/p-2. The van der Waals surface area contributed by atoms with Crippen LogP contribution < -0.4 is 0 Å². The van der Waals surface area contributed by atoms with E-state index in [1.54, 1.807) is 12.1 Å². The molecule has 4 rings (SSSR count). The Morgan fingerprint density at radius 2 is 0.776 bits per heavy atom. The van der Waals surface area contributed by atoms with Crippen LogP contribution in [-0.2, 0) is 45.9 Å². The predicted octanol–water partition coefficient (Wildman–Crippen LogP) is 10.0. The summed E-state index contributed by atoms with van der Waals surface area (Å²) >= 11 is 0. The molecule has 4 aromatic rings. The van der Waals surface area contributed by atoms with Gasteiger partial charge in [0, 0.05) is 10.8 Å². The van der Waals surface area contributed by atoms with Gasteiger partial charge in [0.05, 0.1) is 9.79 Å². The van der Waals surface area contributed by atoms with E-state index in [1.807, 2.05) is 24.3 Å². The van der Waals surface area contributed by atoms with Gasteiger partial charge in [-0.3, -0.25) is 0 Å². The number of hydrogen-bond donors (Lipinski definition) is 0. The number of fused-ring (bicyclic) bond motifs is 2. The predicted molar refractivity (Wildman–Crippen MR) is 202 cm³/mol. The molecule has 0 aliphatic rings. The van der Waals surface area contributed by atoms with Gasteiger partial charge in [0.1, 0.15) is 20.2 Å². The zero-order valence-electron chi connectivity index (χ0n) is 30.1. The van der Waals surface area contributed by atoms with Crippen molar-refractivity contribution in [3.8, 4) is 0 Å². The van der Waals surface area contributed by atoms with E-state index in [0.717, 1.165) is 125 Å². The van der Waals surface area contributed by atoms with Crippen LogP contribution in [0, 0.1) is 0 Å². The van der Waals surface area contributed by atoms with Gasteiger partial charge in [0.15, 0.2) is 0 Å². The summed E-state index contributed by atoms with van der Waals surface area (Å²) in [6, 6.07) is 18.1. The molecule has 0 heterocycles. The fourth-order valence-electron chi connectivity index (χ4n) is 6.61. The molecule has 0 aliphatic heterocycles. The first-order valence-corrected chi connectivity index (χ1v) is 20.8. The van der Waals surface area contributed by atoms with Crippen LogP contribution in [0.5, 0.6) is 0 Å². The SMILES string of the molecule is CCCCCc1ccc2cccc(S(=O)(=O)[O-])c2c1CCCCC.CCCCCc1ccc2cccc(S(=O)(=O)[O-])c2c1CCCCC.[Ca+2]. The molecule has 49 heavy (non-hydrogen) atoms. The summed E-state index contributed by atoms with van der Waals surface area (Å²) in [6.45, 7) is 8.65. The normalized spacial score (nSPS) is 11.7. The number of hydrogen-bond acceptors (Lipinski definition) is 6. The Balaban J connectivity index is 0.000000333. The van der Waals surface area contributed by atoms with Crippen molar-refractivity contribution < 1.29 is 25.9 Å². The summed E-state index contributed by atoms with van der Waals surface area (Å²) in [5, 5.41) is 2.99. The van der Waals surface area contributed by atoms with E-state index in [-0.39, 0.29) is 47.5 Å². The van der Waals surface area contributed by atoms with E-state index in [1.165, 1.54) is 23.3 Å². The third kappa shape index (κ3) is 12.9. The second-order valence-corrected chi connectivity index (χ2v) is 15.5. The minimum absolute atomic E-state index is 0. The van der Waals surface area contributed by atoms with Crippen molar-refractivity contribution in [2.75, 3.05) is 0 Å². The summed E-state index contributed by atoms with van der Waals surface area (Å²) in [6.07, 6.45) is 16.8. The molecule has 0 N–H and O–H groups in total. The van der Waals surface area contributed by atoms with Gasteiger partial charge in [0.2, 0.25) is 0 Å². The number of benzene rings is 4. The summed E-state index contributed by atoms with van der Waals surface area (Å²) in [7, 11) is -8.95. The van der Waals surface area contributed by atoms with Crippen molar-refractivity contribution >= 4 is 79.5 Å². The molecule has 6 nitrogen and oxygen atoms in total. The fraction of sp³-hybridized carbons (Fsp3) is 0.500. The van der Waals surface area contributed by atoms with Crippen LogP contribution in [-0.4, -0.2) is 63.7 Å². The smallest absolute Gasteiger partial charge is 0.744 e. The van der Waals surface area contributed by atoms with Gasteiger partial charge in [-0.15, -0.1) is 0 Å². The van der Waals surface area contributed by atoms with Crippen LogP contribution in [0.2, 0.25) is 0 Å². The molecule has 0 saturated carbocycles. The molecule has 0 atom stereocenters. The number of unbranched alkanes of at least 4 members (excludes halogenated alkanes) is 8. The molecule has 0 amide bonds. The Labute approximate surface area is 326 Å². The van der Waals surface area contributed by atoms with Crippen LogP contribution in [0.3, 0.4) is 0 Å². The Bertz CT molecular complexity index is 1700. The largest absolute Gasteiger partial charge is 2.00 e. The van der Waals surface area contributed by atoms with Crippen molar-refractivity contribution in [3.05, 3.63) is 82.9 Å². The van der Waals surface area contributed by atoms with Crippen molar-refractivity contribution in [1.82, 2.24) is 0 Å². The van der Waals surface area contributed by atoms with Gasteiger partial charge in [-0.25, -0.2) is 16.8 Å². The molecule has 4 aromatic carbocycles. The molecule has 0 fully saturated rings. The summed E-state index contributed by atoms with van der Waals surface area (Å²) in [4.78, 5) is -0.132. The molecule has 9 heteroatoms. The molecular formula is C40H54CaO6S2. The molecular weight excluding hydrogens is 681 g/mol. The van der Waals surface area contributed by atoms with Gasteiger partial charge in [-0.05, 0) is 96.5 Å². The minimum atomic E-state index is -4.47. The monoisotopic (exact) mass is 734 g/mol. The van der Waals surface area contributed by atoms with Gasteiger partial charge in [0.25, 0.3) is 0 Å². The first-order valence-electron chi connectivity index (χ1n) is 18.0. The first kappa shape index (κ1) is 43.6. The molecule has 0 radical (unpaired) electrons. The van der Waals surface area contributed by atoms with Crippen LogP contribution in [0.15, 0.2) is 70.5 Å². The topological polar surface area (TPSA) is 114 Å². The maximum absolute atomic E-state index is 11.7. The molecule has 0 aliphatic carbocycles. The second-order valence-electron chi connectivity index (χ2n) is 12.9. The third-order valence-electron chi connectivity index (χ3n) is 9.12. The Kier molecular flexibility index (Phi) is 19.4. The summed E-state index contributed by atoms with van der Waals surface area (Å²) in [5.74, 6) is 0. The van der Waals surface area contributed by atoms with Crippen molar-refractivity contribution in [2.24, 2.45) is 0 Å². The number of aryl methyl sites for hydroxylation is 4. The average molecular weight is 735 g/mol. The average Bonchev–Trinajstić information content (AvgIpc) is 3.05. The van der Waals surface area contributed by atoms with E-state index < -0.39 is 20.2 Å². The van der Waals surface area contributed by atoms with E-state index in [9.17, 15) is 25.9 Å². The van der Waals surface area contributed by atoms with Crippen LogP contribution in [0.25, 0.3) is 21.5 Å². The molecule has 0 unspecified atom stereocenters. The molecule has 264 valence electrons. The quantitative estimate of drug-likeness (QED) is 0.0571. The fourth-order valence-corrected chi connectivity index (χ4v) is 8.09. The maximum Gasteiger partial charge on any atom is 2.00 e. The van der Waals surface area contributed by atoms with Crippen LogP contribution >= 0.6 is 0 Å². The Morgan fingerprint density at radius 3 is 1.08 bits per heavy atom. The van der Waals surface area contributed by atoms with E-state index in [4.69, 9.17) is 0 Å². The van der Waals surface area contributed by atoms with E-state index in [2.05, 4.69) is 39.8 Å². The van der Waals surface area contributed by atoms with Gasteiger partial charge in [-0.1, -0.05) is 128 Å². The second kappa shape index (κ2) is 21.8. The minimum Gasteiger partial charge on any atom is -0.744 e. The molecule has 0 bridgehead atoms. The van der Waals surface area contributed by atoms with E-state index in [0.29, 0.717) is 10.8 Å². The Morgan fingerprint density at radius 1 is 0.449 bits per heavy atom. The number of rotatable bonds is 18. The molecule has 0 spiro atoms.